The van der Waals surface area contributed by atoms with E-state index in [1.165, 1.54) is 28.7 Å². The highest BCUT2D eigenvalue weighted by Crippen LogP contribution is 2.41. The first-order valence-electron chi connectivity index (χ1n) is 9.67. The predicted octanol–water partition coefficient (Wildman–Crippen LogP) is 3.54. The van der Waals surface area contributed by atoms with E-state index < -0.39 is 34.8 Å². The molecule has 2 N–H and O–H groups in total. The normalized spacial score (nSPS) is 20.0. The molecule has 1 saturated heterocycles. The van der Waals surface area contributed by atoms with Crippen LogP contribution in [0, 0.1) is 11.6 Å². The second-order valence-electron chi connectivity index (χ2n) is 7.22. The van der Waals surface area contributed by atoms with Crippen LogP contribution in [0.4, 0.5) is 14.5 Å². The quantitative estimate of drug-likeness (QED) is 0.652. The Morgan fingerprint density at radius 3 is 2.61 bits per heavy atom. The van der Waals surface area contributed by atoms with Crippen molar-refractivity contribution >= 4 is 34.5 Å². The molecule has 11 heteroatoms. The van der Waals surface area contributed by atoms with Crippen LogP contribution in [-0.2, 0) is 22.4 Å². The fourth-order valence-corrected chi connectivity index (χ4v) is 5.02. The summed E-state index contributed by atoms with van der Waals surface area (Å²) in [5.74, 6) is -1.64. The summed E-state index contributed by atoms with van der Waals surface area (Å²) in [6, 6.07) is 5.68. The van der Waals surface area contributed by atoms with Crippen LogP contribution in [0.3, 0.4) is 0 Å². The van der Waals surface area contributed by atoms with Gasteiger partial charge in [0.1, 0.15) is 11.6 Å². The Bertz CT molecular complexity index is 1040. The fourth-order valence-electron chi connectivity index (χ4n) is 4.05. The number of hydrazine groups is 1. The number of hydrogen-bond acceptors (Lipinski definition) is 4. The molecule has 1 aliphatic heterocycles. The first-order valence-corrected chi connectivity index (χ1v) is 11.1. The summed E-state index contributed by atoms with van der Waals surface area (Å²) in [7, 11) is 0. The van der Waals surface area contributed by atoms with Crippen LogP contribution in [-0.4, -0.2) is 50.4 Å². The number of ether oxygens (including phenoxy) is 1. The number of fused-ring (bicyclic) bond motifs is 1. The molecule has 0 saturated carbocycles. The van der Waals surface area contributed by atoms with E-state index in [-0.39, 0.29) is 16.1 Å². The molecule has 1 unspecified atom stereocenters. The van der Waals surface area contributed by atoms with Gasteiger partial charge in [0.25, 0.3) is 5.91 Å². The van der Waals surface area contributed by atoms with Crippen molar-refractivity contribution in [2.75, 3.05) is 31.6 Å². The van der Waals surface area contributed by atoms with Crippen LogP contribution in [0.2, 0.25) is 5.02 Å². The lowest BCUT2D eigenvalue weighted by atomic mass is 10.0. The number of morpholine rings is 1. The van der Waals surface area contributed by atoms with Crippen LogP contribution in [0.25, 0.3) is 0 Å². The molecule has 4 rings (SSSR count). The zero-order valence-electron chi connectivity index (χ0n) is 16.3. The number of carbonyl (C=O) groups is 1. The van der Waals surface area contributed by atoms with E-state index in [9.17, 15) is 22.3 Å². The number of anilines is 1. The van der Waals surface area contributed by atoms with Crippen molar-refractivity contribution in [2.24, 2.45) is 0 Å². The van der Waals surface area contributed by atoms with Crippen molar-refractivity contribution in [1.82, 2.24) is 9.42 Å². The molecule has 0 aromatic heterocycles. The SMILES string of the molecule is O=C(Nc1ccc(F)c(Cl)c1)c1ccc(F)c2c1CC[C@@H]2N(N1CCOCC1)S(=O)O. The molecule has 0 bridgehead atoms. The molecule has 1 aliphatic carbocycles. The van der Waals surface area contributed by atoms with E-state index in [2.05, 4.69) is 5.32 Å². The lowest BCUT2D eigenvalue weighted by Gasteiger charge is -2.38. The zero-order chi connectivity index (χ0) is 22.1. The maximum atomic E-state index is 14.9. The highest BCUT2D eigenvalue weighted by atomic mass is 35.5. The highest BCUT2D eigenvalue weighted by molar-refractivity contribution is 7.76. The molecule has 2 aromatic carbocycles. The number of benzene rings is 2. The highest BCUT2D eigenvalue weighted by Gasteiger charge is 2.39. The van der Waals surface area contributed by atoms with Gasteiger partial charge in [0, 0.05) is 29.9 Å². The maximum Gasteiger partial charge on any atom is 0.255 e. The maximum absolute atomic E-state index is 14.9. The van der Waals surface area contributed by atoms with E-state index in [1.807, 2.05) is 0 Å². The van der Waals surface area contributed by atoms with Gasteiger partial charge in [0.2, 0.25) is 11.3 Å². The average Bonchev–Trinajstić information content (AvgIpc) is 3.17. The van der Waals surface area contributed by atoms with Crippen LogP contribution in [0.5, 0.6) is 0 Å². The lowest BCUT2D eigenvalue weighted by molar-refractivity contribution is -0.0609. The topological polar surface area (TPSA) is 82.1 Å². The molecule has 1 amide bonds. The number of nitrogens with one attached hydrogen (secondary N) is 1. The molecule has 2 aliphatic rings. The van der Waals surface area contributed by atoms with Gasteiger partial charge in [-0.25, -0.2) is 18.0 Å². The molecule has 0 spiro atoms. The van der Waals surface area contributed by atoms with Crippen molar-refractivity contribution in [3.63, 3.8) is 0 Å². The summed E-state index contributed by atoms with van der Waals surface area (Å²) >= 11 is 3.39. The second kappa shape index (κ2) is 9.27. The van der Waals surface area contributed by atoms with E-state index in [4.69, 9.17) is 16.3 Å². The summed E-state index contributed by atoms with van der Waals surface area (Å²) in [5.41, 5.74) is 1.28. The molecular formula is C20H20ClF2N3O4S. The van der Waals surface area contributed by atoms with Crippen LogP contribution in [0.15, 0.2) is 30.3 Å². The molecule has 2 atom stereocenters. The first-order chi connectivity index (χ1) is 14.9. The van der Waals surface area contributed by atoms with Gasteiger partial charge in [-0.2, -0.15) is 0 Å². The summed E-state index contributed by atoms with van der Waals surface area (Å²) in [6.07, 6.45) is 0.741. The lowest BCUT2D eigenvalue weighted by Crippen LogP contribution is -2.50. The van der Waals surface area contributed by atoms with Crippen LogP contribution >= 0.6 is 11.6 Å². The summed E-state index contributed by atoms with van der Waals surface area (Å²) in [6.45, 7) is 1.62. The third-order valence-corrected chi connectivity index (χ3v) is 6.51. The Hall–Kier alpha value is -1.95. The number of rotatable bonds is 5. The molecule has 0 radical (unpaired) electrons. The molecule has 2 aromatic rings. The van der Waals surface area contributed by atoms with Crippen LogP contribution in [0.1, 0.15) is 33.9 Å². The summed E-state index contributed by atoms with van der Waals surface area (Å²) in [4.78, 5) is 12.9. The number of carbonyl (C=O) groups excluding carboxylic acids is 1. The molecular weight excluding hydrogens is 452 g/mol. The largest absolute Gasteiger partial charge is 0.379 e. The van der Waals surface area contributed by atoms with Crippen molar-refractivity contribution in [3.8, 4) is 0 Å². The first kappa shape index (κ1) is 22.3. The number of amides is 1. The Labute approximate surface area is 185 Å². The predicted molar refractivity (Wildman–Crippen MR) is 112 cm³/mol. The molecule has 1 fully saturated rings. The number of hydrogen-bond donors (Lipinski definition) is 2. The molecule has 7 nitrogen and oxygen atoms in total. The number of nitrogens with zero attached hydrogens (tertiary/aromatic N) is 2. The van der Waals surface area contributed by atoms with Crippen molar-refractivity contribution in [2.45, 2.75) is 18.9 Å². The van der Waals surface area contributed by atoms with Gasteiger partial charge < -0.3 is 10.1 Å². The van der Waals surface area contributed by atoms with Gasteiger partial charge >= 0.3 is 0 Å². The Morgan fingerprint density at radius 1 is 1.23 bits per heavy atom. The summed E-state index contributed by atoms with van der Waals surface area (Å²) in [5, 5.41) is 4.20. The van der Waals surface area contributed by atoms with Gasteiger partial charge in [-0.1, -0.05) is 11.6 Å². The minimum Gasteiger partial charge on any atom is -0.379 e. The number of halogens is 3. The van der Waals surface area contributed by atoms with E-state index >= 15 is 0 Å². The standard InChI is InChI=1S/C20H20ClF2N3O4S/c21-15-11-12(1-4-16(15)22)24-20(27)14-2-5-17(23)19-13(14)3-6-18(19)26(31(28)29)25-7-9-30-10-8-25/h1-2,4-5,11,18H,3,6-10H2,(H,24,27)(H,28,29)/t18-/m0/s1. The van der Waals surface area contributed by atoms with Crippen LogP contribution < -0.4 is 5.32 Å². The molecule has 166 valence electrons. The van der Waals surface area contributed by atoms with Crippen molar-refractivity contribution in [3.05, 3.63) is 63.7 Å². The minimum atomic E-state index is -2.37. The minimum absolute atomic E-state index is 0.131. The molecule has 1 heterocycles. The zero-order valence-corrected chi connectivity index (χ0v) is 17.9. The van der Waals surface area contributed by atoms with Crippen molar-refractivity contribution < 1.29 is 27.1 Å². The molecule has 31 heavy (non-hydrogen) atoms. The third kappa shape index (κ3) is 4.50. The average molecular weight is 472 g/mol. The van der Waals surface area contributed by atoms with E-state index in [0.717, 1.165) is 6.07 Å². The van der Waals surface area contributed by atoms with Gasteiger partial charge in [0.05, 0.1) is 24.3 Å². The Morgan fingerprint density at radius 2 is 1.94 bits per heavy atom. The Balaban J connectivity index is 1.65. The van der Waals surface area contributed by atoms with Gasteiger partial charge in [0.15, 0.2) is 0 Å². The Kier molecular flexibility index (Phi) is 6.65. The summed E-state index contributed by atoms with van der Waals surface area (Å²) < 4.78 is 56.9. The fraction of sp³-hybridized carbons (Fsp3) is 0.350. The van der Waals surface area contributed by atoms with Crippen molar-refractivity contribution in [1.29, 1.82) is 0 Å². The van der Waals surface area contributed by atoms with E-state index in [1.54, 1.807) is 5.01 Å². The van der Waals surface area contributed by atoms with Gasteiger partial charge in [-0.3, -0.25) is 9.35 Å². The van der Waals surface area contributed by atoms with E-state index in [0.29, 0.717) is 50.4 Å². The monoisotopic (exact) mass is 471 g/mol. The van der Waals surface area contributed by atoms with Gasteiger partial charge in [-0.15, -0.1) is 4.41 Å². The smallest absolute Gasteiger partial charge is 0.255 e. The third-order valence-electron chi connectivity index (χ3n) is 5.42. The second-order valence-corrected chi connectivity index (χ2v) is 8.47. The van der Waals surface area contributed by atoms with Gasteiger partial charge in [-0.05, 0) is 48.7 Å².